The molecule has 1 N–H and O–H groups in total. The fraction of sp³-hybridized carbons (Fsp3) is 0.714. The number of carbonyl (C=O) groups excluding carboxylic acids is 1. The van der Waals surface area contributed by atoms with Crippen LogP contribution in [0.25, 0.3) is 0 Å². The van der Waals surface area contributed by atoms with E-state index in [4.69, 9.17) is 0 Å². The van der Waals surface area contributed by atoms with Gasteiger partial charge in [-0.2, -0.15) is 0 Å². The van der Waals surface area contributed by atoms with E-state index in [2.05, 4.69) is 5.32 Å². The predicted molar refractivity (Wildman–Crippen MR) is 72.0 cm³/mol. The molecule has 3 rings (SSSR count). The molecular weight excluding hydrogens is 242 g/mol. The number of aromatic nitrogens is 2. The first-order valence-corrected chi connectivity index (χ1v) is 7.30. The van der Waals surface area contributed by atoms with Gasteiger partial charge in [0.25, 0.3) is 0 Å². The van der Waals surface area contributed by atoms with E-state index < -0.39 is 0 Å². The van der Waals surface area contributed by atoms with Crippen LogP contribution < -0.4 is 11.0 Å². The third-order valence-corrected chi connectivity index (χ3v) is 4.10. The Labute approximate surface area is 112 Å². The van der Waals surface area contributed by atoms with Crippen molar-refractivity contribution < 1.29 is 4.79 Å². The summed E-state index contributed by atoms with van der Waals surface area (Å²) < 4.78 is 3.25. The Morgan fingerprint density at radius 2 is 1.89 bits per heavy atom. The molecule has 0 saturated heterocycles. The first-order chi connectivity index (χ1) is 9.24. The van der Waals surface area contributed by atoms with Gasteiger partial charge in [-0.15, -0.1) is 0 Å². The van der Waals surface area contributed by atoms with Gasteiger partial charge in [0, 0.05) is 24.5 Å². The summed E-state index contributed by atoms with van der Waals surface area (Å²) >= 11 is 0. The van der Waals surface area contributed by atoms with Crippen LogP contribution in [0.2, 0.25) is 0 Å². The van der Waals surface area contributed by atoms with E-state index in [0.29, 0.717) is 12.1 Å². The van der Waals surface area contributed by atoms with Crippen LogP contribution in [0.3, 0.4) is 0 Å². The molecule has 2 aliphatic rings. The normalized spacial score (nSPS) is 20.4. The predicted octanol–water partition coefficient (Wildman–Crippen LogP) is 1.43. The SMILES string of the molecule is O=C(Cn1ccn(C2CC2)c1=O)NC1CCCCC1. The van der Waals surface area contributed by atoms with Crippen molar-refractivity contribution in [2.45, 2.75) is 63.6 Å². The van der Waals surface area contributed by atoms with Crippen molar-refractivity contribution in [3.8, 4) is 0 Å². The molecule has 1 aromatic rings. The summed E-state index contributed by atoms with van der Waals surface area (Å²) in [4.78, 5) is 24.0. The molecule has 2 saturated carbocycles. The molecule has 0 spiro atoms. The zero-order chi connectivity index (χ0) is 13.2. The van der Waals surface area contributed by atoms with Gasteiger partial charge in [0.1, 0.15) is 6.54 Å². The van der Waals surface area contributed by atoms with Gasteiger partial charge >= 0.3 is 5.69 Å². The van der Waals surface area contributed by atoms with E-state index in [-0.39, 0.29) is 18.1 Å². The number of amides is 1. The van der Waals surface area contributed by atoms with E-state index in [1.165, 1.54) is 23.8 Å². The van der Waals surface area contributed by atoms with Gasteiger partial charge < -0.3 is 5.32 Å². The molecule has 5 heteroatoms. The van der Waals surface area contributed by atoms with Crippen molar-refractivity contribution in [1.29, 1.82) is 0 Å². The van der Waals surface area contributed by atoms with Crippen LogP contribution in [0.4, 0.5) is 0 Å². The van der Waals surface area contributed by atoms with Crippen molar-refractivity contribution >= 4 is 5.91 Å². The zero-order valence-corrected chi connectivity index (χ0v) is 11.2. The quantitative estimate of drug-likeness (QED) is 0.893. The van der Waals surface area contributed by atoms with Gasteiger partial charge in [-0.05, 0) is 25.7 Å². The second-order valence-electron chi connectivity index (χ2n) is 5.75. The van der Waals surface area contributed by atoms with Crippen LogP contribution in [0.1, 0.15) is 51.0 Å². The number of imidazole rings is 1. The molecule has 0 aliphatic heterocycles. The number of rotatable bonds is 4. The lowest BCUT2D eigenvalue weighted by Crippen LogP contribution is -2.39. The average molecular weight is 263 g/mol. The third-order valence-electron chi connectivity index (χ3n) is 4.10. The monoisotopic (exact) mass is 263 g/mol. The third kappa shape index (κ3) is 2.91. The fourth-order valence-electron chi connectivity index (χ4n) is 2.85. The van der Waals surface area contributed by atoms with Crippen molar-refractivity contribution in [2.24, 2.45) is 0 Å². The van der Waals surface area contributed by atoms with E-state index in [0.717, 1.165) is 25.7 Å². The highest BCUT2D eigenvalue weighted by molar-refractivity contribution is 5.76. The summed E-state index contributed by atoms with van der Waals surface area (Å²) in [5.74, 6) is -0.0393. The first kappa shape index (κ1) is 12.5. The molecule has 2 aliphatic carbocycles. The maximum atomic E-state index is 12.0. The Kier molecular flexibility index (Phi) is 3.44. The molecule has 0 aromatic carbocycles. The summed E-state index contributed by atoms with van der Waals surface area (Å²) in [6.45, 7) is 0.148. The summed E-state index contributed by atoms with van der Waals surface area (Å²) in [7, 11) is 0. The molecule has 19 heavy (non-hydrogen) atoms. The molecule has 5 nitrogen and oxygen atoms in total. The average Bonchev–Trinajstić information content (AvgIpc) is 3.18. The number of carbonyl (C=O) groups is 1. The minimum atomic E-state index is -0.0544. The maximum absolute atomic E-state index is 12.0. The smallest absolute Gasteiger partial charge is 0.328 e. The number of nitrogens with zero attached hydrogens (tertiary/aromatic N) is 2. The van der Waals surface area contributed by atoms with Crippen LogP contribution in [0.5, 0.6) is 0 Å². The lowest BCUT2D eigenvalue weighted by molar-refractivity contribution is -0.122. The number of nitrogens with one attached hydrogen (secondary N) is 1. The molecule has 1 heterocycles. The van der Waals surface area contributed by atoms with Crippen molar-refractivity contribution in [1.82, 2.24) is 14.5 Å². The molecule has 1 amide bonds. The molecule has 0 unspecified atom stereocenters. The zero-order valence-electron chi connectivity index (χ0n) is 11.2. The largest absolute Gasteiger partial charge is 0.352 e. The van der Waals surface area contributed by atoms with Crippen LogP contribution in [-0.2, 0) is 11.3 Å². The van der Waals surface area contributed by atoms with Gasteiger partial charge in [-0.25, -0.2) is 4.79 Å². The summed E-state index contributed by atoms with van der Waals surface area (Å²) in [5, 5.41) is 3.04. The molecule has 0 radical (unpaired) electrons. The maximum Gasteiger partial charge on any atom is 0.328 e. The summed E-state index contributed by atoms with van der Waals surface area (Å²) in [5.41, 5.74) is -0.0544. The molecule has 104 valence electrons. The molecule has 1 aromatic heterocycles. The van der Waals surface area contributed by atoms with Crippen molar-refractivity contribution in [2.75, 3.05) is 0 Å². The Balaban J connectivity index is 1.58. The summed E-state index contributed by atoms with van der Waals surface area (Å²) in [6, 6.07) is 0.678. The van der Waals surface area contributed by atoms with Gasteiger partial charge in [-0.3, -0.25) is 13.9 Å². The van der Waals surface area contributed by atoms with Gasteiger partial charge in [0.2, 0.25) is 5.91 Å². The minimum Gasteiger partial charge on any atom is -0.352 e. The van der Waals surface area contributed by atoms with Crippen LogP contribution in [0, 0.1) is 0 Å². The van der Waals surface area contributed by atoms with E-state index in [1.54, 1.807) is 17.0 Å². The Bertz CT molecular complexity index is 507. The number of hydrogen-bond acceptors (Lipinski definition) is 2. The van der Waals surface area contributed by atoms with E-state index >= 15 is 0 Å². The highest BCUT2D eigenvalue weighted by atomic mass is 16.2. The van der Waals surface area contributed by atoms with Crippen LogP contribution in [0.15, 0.2) is 17.2 Å². The minimum absolute atomic E-state index is 0.0393. The van der Waals surface area contributed by atoms with E-state index in [9.17, 15) is 9.59 Å². The second-order valence-corrected chi connectivity index (χ2v) is 5.75. The Hall–Kier alpha value is -1.52. The Morgan fingerprint density at radius 1 is 1.16 bits per heavy atom. The lowest BCUT2D eigenvalue weighted by Gasteiger charge is -2.22. The molecule has 2 fully saturated rings. The standard InChI is InChI=1S/C14H21N3O2/c18-13(15-11-4-2-1-3-5-11)10-16-8-9-17(14(16)19)12-6-7-12/h8-9,11-12H,1-7,10H2,(H,15,18). The summed E-state index contributed by atoms with van der Waals surface area (Å²) in [6.07, 6.45) is 11.5. The van der Waals surface area contributed by atoms with E-state index in [1.807, 2.05) is 0 Å². The number of hydrogen-bond donors (Lipinski definition) is 1. The highest BCUT2D eigenvalue weighted by Gasteiger charge is 2.26. The Morgan fingerprint density at radius 3 is 2.58 bits per heavy atom. The van der Waals surface area contributed by atoms with Gasteiger partial charge in [0.15, 0.2) is 0 Å². The fourth-order valence-corrected chi connectivity index (χ4v) is 2.85. The van der Waals surface area contributed by atoms with Gasteiger partial charge in [-0.1, -0.05) is 19.3 Å². The molecule has 0 bridgehead atoms. The lowest BCUT2D eigenvalue weighted by atomic mass is 9.95. The molecular formula is C14H21N3O2. The van der Waals surface area contributed by atoms with Crippen LogP contribution in [-0.4, -0.2) is 21.1 Å². The highest BCUT2D eigenvalue weighted by Crippen LogP contribution is 2.33. The first-order valence-electron chi connectivity index (χ1n) is 7.30. The van der Waals surface area contributed by atoms with Crippen LogP contribution >= 0.6 is 0 Å². The topological polar surface area (TPSA) is 56.0 Å². The van der Waals surface area contributed by atoms with Crippen molar-refractivity contribution in [3.63, 3.8) is 0 Å². The second kappa shape index (κ2) is 5.23. The molecule has 0 atom stereocenters. The van der Waals surface area contributed by atoms with Crippen molar-refractivity contribution in [3.05, 3.63) is 22.9 Å². The van der Waals surface area contributed by atoms with Gasteiger partial charge in [0.05, 0.1) is 0 Å².